The summed E-state index contributed by atoms with van der Waals surface area (Å²) in [4.78, 5) is 12.2. The number of aromatic amines is 1. The van der Waals surface area contributed by atoms with Crippen molar-refractivity contribution in [3.63, 3.8) is 0 Å². The summed E-state index contributed by atoms with van der Waals surface area (Å²) >= 11 is 0. The highest BCUT2D eigenvalue weighted by Crippen LogP contribution is 1.99. The van der Waals surface area contributed by atoms with Crippen molar-refractivity contribution in [2.24, 2.45) is 0 Å². The molecule has 11 heavy (non-hydrogen) atoms. The van der Waals surface area contributed by atoms with Crippen molar-refractivity contribution in [1.29, 1.82) is 0 Å². The van der Waals surface area contributed by atoms with E-state index in [1.807, 2.05) is 0 Å². The van der Waals surface area contributed by atoms with Crippen molar-refractivity contribution in [1.82, 2.24) is 15.1 Å². The number of rotatable bonds is 2. The van der Waals surface area contributed by atoms with E-state index in [1.165, 1.54) is 11.8 Å². The molecule has 0 aliphatic rings. The van der Waals surface area contributed by atoms with Crippen LogP contribution >= 0.6 is 0 Å². The average molecular weight is 152 g/mol. The van der Waals surface area contributed by atoms with Gasteiger partial charge in [0.05, 0.1) is 5.69 Å². The van der Waals surface area contributed by atoms with Crippen LogP contribution in [0.2, 0.25) is 0 Å². The van der Waals surface area contributed by atoms with Gasteiger partial charge in [0.2, 0.25) is 5.91 Å². The fraction of sp³-hybridized carbons (Fsp3) is 0.286. The molecule has 1 amide bonds. The Morgan fingerprint density at radius 3 is 3.00 bits per heavy atom. The van der Waals surface area contributed by atoms with Gasteiger partial charge < -0.3 is 4.90 Å². The quantitative estimate of drug-likeness (QED) is 0.666. The molecule has 0 bridgehead atoms. The van der Waals surface area contributed by atoms with Gasteiger partial charge in [-0.2, -0.15) is 5.10 Å². The van der Waals surface area contributed by atoms with Crippen LogP contribution in [0.15, 0.2) is 12.3 Å². The van der Waals surface area contributed by atoms with Crippen LogP contribution in [0.4, 0.5) is 0 Å². The minimum Gasteiger partial charge on any atom is -0.335 e. The van der Waals surface area contributed by atoms with Crippen LogP contribution in [0.5, 0.6) is 0 Å². The fourth-order valence-electron chi connectivity index (χ4n) is 0.633. The van der Waals surface area contributed by atoms with Crippen molar-refractivity contribution in [2.45, 2.75) is 6.92 Å². The molecule has 0 saturated carbocycles. The van der Waals surface area contributed by atoms with Gasteiger partial charge in [-0.3, -0.25) is 9.89 Å². The van der Waals surface area contributed by atoms with Gasteiger partial charge in [0.15, 0.2) is 0 Å². The summed E-state index contributed by atoms with van der Waals surface area (Å²) in [5, 5.41) is 6.52. The minimum atomic E-state index is -0.00648. The largest absolute Gasteiger partial charge is 0.335 e. The lowest BCUT2D eigenvalue weighted by molar-refractivity contribution is -0.125. The van der Waals surface area contributed by atoms with Crippen LogP contribution in [0.3, 0.4) is 0 Å². The van der Waals surface area contributed by atoms with Crippen molar-refractivity contribution in [3.8, 4) is 0 Å². The molecule has 0 aliphatic carbocycles. The van der Waals surface area contributed by atoms with E-state index >= 15 is 0 Å². The molecule has 1 aromatic rings. The van der Waals surface area contributed by atoms with Crippen molar-refractivity contribution >= 4 is 5.91 Å². The fourth-order valence-corrected chi connectivity index (χ4v) is 0.633. The number of carbonyl (C=O) groups excluding carboxylic acids is 1. The van der Waals surface area contributed by atoms with Gasteiger partial charge in [-0.15, -0.1) is 0 Å². The number of hydrogen-bond acceptors (Lipinski definition) is 2. The van der Waals surface area contributed by atoms with Crippen LogP contribution in [-0.2, 0) is 4.79 Å². The SMILES string of the molecule is CC(=O)N(C)[CH]c1cc[nH]n1. The summed E-state index contributed by atoms with van der Waals surface area (Å²) in [6.45, 7) is 3.17. The van der Waals surface area contributed by atoms with E-state index in [0.29, 0.717) is 0 Å². The summed E-state index contributed by atoms with van der Waals surface area (Å²) in [6, 6.07) is 1.79. The Kier molecular flexibility index (Phi) is 2.25. The molecule has 4 nitrogen and oxygen atoms in total. The average Bonchev–Trinajstić information content (AvgIpc) is 2.39. The molecule has 0 aromatic carbocycles. The molecule has 0 spiro atoms. The van der Waals surface area contributed by atoms with Crippen LogP contribution in [-0.4, -0.2) is 28.1 Å². The van der Waals surface area contributed by atoms with Crippen molar-refractivity contribution in [2.75, 3.05) is 7.05 Å². The monoisotopic (exact) mass is 152 g/mol. The van der Waals surface area contributed by atoms with Crippen LogP contribution in [0.1, 0.15) is 12.6 Å². The van der Waals surface area contributed by atoms with E-state index in [2.05, 4.69) is 10.2 Å². The number of amides is 1. The van der Waals surface area contributed by atoms with Crippen molar-refractivity contribution < 1.29 is 4.79 Å². The predicted molar refractivity (Wildman–Crippen MR) is 40.4 cm³/mol. The zero-order chi connectivity index (χ0) is 8.27. The van der Waals surface area contributed by atoms with Gasteiger partial charge in [0, 0.05) is 20.2 Å². The summed E-state index contributed by atoms with van der Waals surface area (Å²) in [5.74, 6) is -0.00648. The number of nitrogens with zero attached hydrogens (tertiary/aromatic N) is 2. The molecule has 0 aliphatic heterocycles. The Labute approximate surface area is 65.2 Å². The number of hydrogen-bond donors (Lipinski definition) is 1. The van der Waals surface area contributed by atoms with Gasteiger partial charge >= 0.3 is 0 Å². The van der Waals surface area contributed by atoms with Crippen LogP contribution < -0.4 is 0 Å². The molecule has 59 valence electrons. The molecule has 0 unspecified atom stereocenters. The highest BCUT2D eigenvalue weighted by Gasteiger charge is 2.04. The Morgan fingerprint density at radius 1 is 1.82 bits per heavy atom. The first kappa shape index (κ1) is 7.78. The maximum Gasteiger partial charge on any atom is 0.219 e. The van der Waals surface area contributed by atoms with Gasteiger partial charge in [-0.1, -0.05) is 0 Å². The Balaban J connectivity index is 2.50. The van der Waals surface area contributed by atoms with Gasteiger partial charge in [0.1, 0.15) is 6.54 Å². The summed E-state index contributed by atoms with van der Waals surface area (Å²) in [7, 11) is 1.69. The Hall–Kier alpha value is -1.32. The number of H-pyrrole nitrogens is 1. The van der Waals surface area contributed by atoms with E-state index in [9.17, 15) is 4.79 Å². The normalized spacial score (nSPS) is 9.64. The highest BCUT2D eigenvalue weighted by atomic mass is 16.2. The summed E-state index contributed by atoms with van der Waals surface area (Å²) < 4.78 is 0. The number of aromatic nitrogens is 2. The third-order valence-corrected chi connectivity index (χ3v) is 1.34. The van der Waals surface area contributed by atoms with E-state index in [1.54, 1.807) is 25.9 Å². The second kappa shape index (κ2) is 3.18. The maximum absolute atomic E-state index is 10.7. The molecule has 1 N–H and O–H groups in total. The molecular formula is C7H10N3O. The van der Waals surface area contributed by atoms with E-state index in [0.717, 1.165) is 5.69 Å². The number of nitrogens with one attached hydrogen (secondary N) is 1. The molecule has 0 atom stereocenters. The Morgan fingerprint density at radius 2 is 2.55 bits per heavy atom. The predicted octanol–water partition coefficient (Wildman–Crippen LogP) is 0.398. The lowest BCUT2D eigenvalue weighted by Crippen LogP contribution is -2.21. The van der Waals surface area contributed by atoms with Crippen molar-refractivity contribution in [3.05, 3.63) is 24.5 Å². The van der Waals surface area contributed by atoms with E-state index in [4.69, 9.17) is 0 Å². The lowest BCUT2D eigenvalue weighted by Gasteiger charge is -2.10. The Bertz CT molecular complexity index is 230. The topological polar surface area (TPSA) is 49.0 Å². The molecule has 0 saturated heterocycles. The first-order valence-corrected chi connectivity index (χ1v) is 3.28. The third-order valence-electron chi connectivity index (χ3n) is 1.34. The number of carbonyl (C=O) groups is 1. The van der Waals surface area contributed by atoms with Gasteiger partial charge in [0.25, 0.3) is 0 Å². The first-order chi connectivity index (χ1) is 5.20. The molecular weight excluding hydrogens is 142 g/mol. The van der Waals surface area contributed by atoms with E-state index < -0.39 is 0 Å². The highest BCUT2D eigenvalue weighted by molar-refractivity contribution is 5.74. The zero-order valence-electron chi connectivity index (χ0n) is 6.53. The second-order valence-corrected chi connectivity index (χ2v) is 2.26. The molecule has 1 radical (unpaired) electrons. The summed E-state index contributed by atoms with van der Waals surface area (Å²) in [6.07, 6.45) is 1.71. The first-order valence-electron chi connectivity index (χ1n) is 3.28. The molecule has 1 heterocycles. The van der Waals surface area contributed by atoms with Gasteiger partial charge in [-0.05, 0) is 6.07 Å². The van der Waals surface area contributed by atoms with E-state index in [-0.39, 0.29) is 5.91 Å². The molecule has 4 heteroatoms. The van der Waals surface area contributed by atoms with Crippen LogP contribution in [0, 0.1) is 6.54 Å². The third kappa shape index (κ3) is 2.07. The molecule has 0 fully saturated rings. The zero-order valence-corrected chi connectivity index (χ0v) is 6.53. The standard InChI is InChI=1S/C7H10N3O/c1-6(11)10(2)5-7-3-4-8-9-7/h3-5H,1-2H3,(H,8,9). The second-order valence-electron chi connectivity index (χ2n) is 2.26. The lowest BCUT2D eigenvalue weighted by atomic mass is 10.4. The smallest absolute Gasteiger partial charge is 0.219 e. The maximum atomic E-state index is 10.7. The summed E-state index contributed by atoms with van der Waals surface area (Å²) in [5.41, 5.74) is 0.753. The van der Waals surface area contributed by atoms with Crippen LogP contribution in [0.25, 0.3) is 0 Å². The molecule has 1 aromatic heterocycles. The minimum absolute atomic E-state index is 0.00648. The molecule has 1 rings (SSSR count). The van der Waals surface area contributed by atoms with Gasteiger partial charge in [-0.25, -0.2) is 0 Å².